The maximum Gasteiger partial charge on any atom is 0.277 e. The molecule has 0 saturated carbocycles. The van der Waals surface area contributed by atoms with Gasteiger partial charge in [-0.25, -0.2) is 9.97 Å². The van der Waals surface area contributed by atoms with Crippen molar-refractivity contribution >= 4 is 23.1 Å². The maximum absolute atomic E-state index is 13.2. The topological polar surface area (TPSA) is 136 Å². The first kappa shape index (κ1) is 22.8. The van der Waals surface area contributed by atoms with Crippen LogP contribution >= 0.6 is 0 Å². The van der Waals surface area contributed by atoms with Crippen LogP contribution in [0, 0.1) is 20.2 Å². The largest absolute Gasteiger partial charge is 0.360 e. The average molecular weight is 462 g/mol. The highest BCUT2D eigenvalue weighted by Crippen LogP contribution is 2.31. The molecule has 0 N–H and O–H groups in total. The number of hydrogen-bond acceptors (Lipinski definition) is 8. The summed E-state index contributed by atoms with van der Waals surface area (Å²) in [5, 5.41) is 22.5. The van der Waals surface area contributed by atoms with Crippen LogP contribution in [0.3, 0.4) is 0 Å². The van der Waals surface area contributed by atoms with Gasteiger partial charge in [0, 0.05) is 49.8 Å². The number of benzene rings is 2. The normalized spacial score (nSPS) is 12.7. The molecule has 3 aromatic rings. The number of rotatable bonds is 6. The van der Waals surface area contributed by atoms with Crippen molar-refractivity contribution in [3.05, 3.63) is 85.6 Å². The molecule has 0 saturated heterocycles. The first-order chi connectivity index (χ1) is 16.3. The van der Waals surface area contributed by atoms with Crippen LogP contribution in [0.4, 0.5) is 17.2 Å². The van der Waals surface area contributed by atoms with E-state index < -0.39 is 27.1 Å². The molecule has 1 aromatic heterocycles. The summed E-state index contributed by atoms with van der Waals surface area (Å²) in [7, 11) is 1.90. The van der Waals surface area contributed by atoms with Crippen LogP contribution in [0.15, 0.2) is 48.5 Å². The minimum Gasteiger partial charge on any atom is -0.360 e. The minimum absolute atomic E-state index is 0.100. The van der Waals surface area contributed by atoms with E-state index in [9.17, 15) is 25.0 Å². The zero-order chi connectivity index (χ0) is 24.4. The quantitative estimate of drug-likeness (QED) is 0.400. The number of aromatic nitrogens is 2. The van der Waals surface area contributed by atoms with Gasteiger partial charge in [0.2, 0.25) is 0 Å². The summed E-state index contributed by atoms with van der Waals surface area (Å²) in [4.78, 5) is 47.2. The van der Waals surface area contributed by atoms with Crippen molar-refractivity contribution in [2.75, 3.05) is 25.0 Å². The van der Waals surface area contributed by atoms with E-state index in [4.69, 9.17) is 9.97 Å². The van der Waals surface area contributed by atoms with Crippen molar-refractivity contribution in [1.82, 2.24) is 14.9 Å². The van der Waals surface area contributed by atoms with Crippen molar-refractivity contribution in [2.24, 2.45) is 0 Å². The molecular formula is C23H22N6O5. The van der Waals surface area contributed by atoms with E-state index in [2.05, 4.69) is 0 Å². The van der Waals surface area contributed by atoms with Crippen molar-refractivity contribution in [3.63, 3.8) is 0 Å². The van der Waals surface area contributed by atoms with Crippen LogP contribution in [0.1, 0.15) is 28.5 Å². The van der Waals surface area contributed by atoms with Gasteiger partial charge in [-0.2, -0.15) is 0 Å². The number of hydrogen-bond donors (Lipinski definition) is 0. The number of carbonyl (C=O) groups excluding carboxylic acids is 1. The van der Waals surface area contributed by atoms with Gasteiger partial charge in [-0.3, -0.25) is 25.0 Å². The summed E-state index contributed by atoms with van der Waals surface area (Å²) in [6.45, 7) is 3.19. The Kier molecular flexibility index (Phi) is 6.17. The van der Waals surface area contributed by atoms with Crippen LogP contribution in [0.2, 0.25) is 0 Å². The Balaban J connectivity index is 1.71. The molecule has 0 radical (unpaired) electrons. The lowest BCUT2D eigenvalue weighted by molar-refractivity contribution is -0.394. The van der Waals surface area contributed by atoms with Gasteiger partial charge in [-0.15, -0.1) is 0 Å². The predicted molar refractivity (Wildman–Crippen MR) is 125 cm³/mol. The number of fused-ring (bicyclic) bond motifs is 1. The minimum atomic E-state index is -0.747. The van der Waals surface area contributed by atoms with Crippen LogP contribution in [-0.2, 0) is 13.0 Å². The van der Waals surface area contributed by atoms with Gasteiger partial charge in [-0.1, -0.05) is 30.3 Å². The molecule has 0 bridgehead atoms. The van der Waals surface area contributed by atoms with Crippen LogP contribution in [0.5, 0.6) is 0 Å². The van der Waals surface area contributed by atoms with Gasteiger partial charge in [0.1, 0.15) is 5.82 Å². The van der Waals surface area contributed by atoms with E-state index in [1.807, 2.05) is 49.2 Å². The summed E-state index contributed by atoms with van der Waals surface area (Å²) in [5.41, 5.74) is 1.41. The zero-order valence-corrected chi connectivity index (χ0v) is 18.7. The van der Waals surface area contributed by atoms with E-state index in [0.717, 1.165) is 35.0 Å². The zero-order valence-electron chi connectivity index (χ0n) is 18.7. The summed E-state index contributed by atoms with van der Waals surface area (Å²) in [6.07, 6.45) is 0.463. The first-order valence-corrected chi connectivity index (χ1v) is 10.7. The molecule has 1 amide bonds. The third kappa shape index (κ3) is 4.40. The van der Waals surface area contributed by atoms with E-state index in [1.54, 1.807) is 0 Å². The lowest BCUT2D eigenvalue weighted by Gasteiger charge is -2.31. The molecule has 0 aliphatic carbocycles. The fraction of sp³-hybridized carbons (Fsp3) is 0.261. The summed E-state index contributed by atoms with van der Waals surface area (Å²) < 4.78 is 0. The van der Waals surface area contributed by atoms with Gasteiger partial charge in [-0.05, 0) is 6.92 Å². The lowest BCUT2D eigenvalue weighted by atomic mass is 10.0. The molecule has 0 unspecified atom stereocenters. The molecular weight excluding hydrogens is 440 g/mol. The molecule has 0 atom stereocenters. The predicted octanol–water partition coefficient (Wildman–Crippen LogP) is 3.61. The second-order valence-corrected chi connectivity index (χ2v) is 7.91. The summed E-state index contributed by atoms with van der Waals surface area (Å²) in [6, 6.07) is 12.6. The van der Waals surface area contributed by atoms with E-state index in [-0.39, 0.29) is 12.1 Å². The number of nitro benzene ring substituents is 2. The Morgan fingerprint density at radius 3 is 2.29 bits per heavy atom. The van der Waals surface area contributed by atoms with Gasteiger partial charge < -0.3 is 9.80 Å². The average Bonchev–Trinajstić information content (AvgIpc) is 2.86. The highest BCUT2D eigenvalue weighted by molar-refractivity contribution is 5.96. The fourth-order valence-corrected chi connectivity index (χ4v) is 3.86. The third-order valence-electron chi connectivity index (χ3n) is 5.76. The van der Waals surface area contributed by atoms with Crippen molar-refractivity contribution in [3.8, 4) is 11.4 Å². The first-order valence-electron chi connectivity index (χ1n) is 10.7. The Hall–Kier alpha value is -4.41. The van der Waals surface area contributed by atoms with Gasteiger partial charge in [0.15, 0.2) is 5.82 Å². The molecule has 2 heterocycles. The lowest BCUT2D eigenvalue weighted by Crippen LogP contribution is -2.38. The second-order valence-electron chi connectivity index (χ2n) is 7.91. The highest BCUT2D eigenvalue weighted by Gasteiger charge is 2.29. The Morgan fingerprint density at radius 2 is 1.71 bits per heavy atom. The summed E-state index contributed by atoms with van der Waals surface area (Å²) >= 11 is 0. The van der Waals surface area contributed by atoms with Gasteiger partial charge in [0.25, 0.3) is 17.3 Å². The number of nitro groups is 2. The van der Waals surface area contributed by atoms with Crippen LogP contribution in [0.25, 0.3) is 11.4 Å². The standard InChI is InChI=1S/C23H22N6O5/c1-3-26(2)22-19-14-27(10-9-20(19)24-21(25-22)15-7-5-4-6-8-15)23(30)16-11-17(28(31)32)13-18(12-16)29(33)34/h4-8,11-13H,3,9-10,14H2,1-2H3. The van der Waals surface area contributed by atoms with Crippen LogP contribution < -0.4 is 4.90 Å². The molecule has 1 aliphatic rings. The molecule has 0 spiro atoms. The number of anilines is 1. The van der Waals surface area contributed by atoms with E-state index in [0.29, 0.717) is 31.2 Å². The van der Waals surface area contributed by atoms with Crippen molar-refractivity contribution < 1.29 is 14.6 Å². The van der Waals surface area contributed by atoms with Gasteiger partial charge in [0.05, 0.1) is 33.7 Å². The highest BCUT2D eigenvalue weighted by atomic mass is 16.6. The third-order valence-corrected chi connectivity index (χ3v) is 5.76. The SMILES string of the molecule is CCN(C)c1nc(-c2ccccc2)nc2c1CN(C(=O)c1cc([N+](=O)[O-])cc([N+](=O)[O-])c1)CC2. The van der Waals surface area contributed by atoms with Crippen LogP contribution in [-0.4, -0.2) is 50.8 Å². The number of amides is 1. The summed E-state index contributed by atoms with van der Waals surface area (Å²) in [5.74, 6) is 0.785. The molecule has 4 rings (SSSR count). The van der Waals surface area contributed by atoms with Gasteiger partial charge >= 0.3 is 0 Å². The monoisotopic (exact) mass is 462 g/mol. The van der Waals surface area contributed by atoms with E-state index in [1.165, 1.54) is 4.90 Å². The van der Waals surface area contributed by atoms with Crippen molar-refractivity contribution in [2.45, 2.75) is 19.9 Å². The Bertz CT molecular complexity index is 1250. The Labute approximate surface area is 195 Å². The molecule has 34 heavy (non-hydrogen) atoms. The second kappa shape index (κ2) is 9.22. The Morgan fingerprint density at radius 1 is 1.06 bits per heavy atom. The number of nitrogens with zero attached hydrogens (tertiary/aromatic N) is 6. The molecule has 0 fully saturated rings. The smallest absolute Gasteiger partial charge is 0.277 e. The maximum atomic E-state index is 13.2. The molecule has 174 valence electrons. The van der Waals surface area contributed by atoms with Crippen molar-refractivity contribution in [1.29, 1.82) is 0 Å². The molecule has 2 aromatic carbocycles. The molecule has 11 heteroatoms. The molecule has 11 nitrogen and oxygen atoms in total. The van der Waals surface area contributed by atoms with E-state index >= 15 is 0 Å². The number of non-ortho nitro benzene ring substituents is 2. The fourth-order valence-electron chi connectivity index (χ4n) is 3.86. The number of carbonyl (C=O) groups is 1. The molecule has 1 aliphatic heterocycles.